The molecule has 0 unspecified atom stereocenters. The largest absolute Gasteiger partial charge is 0.508 e. The van der Waals surface area contributed by atoms with Gasteiger partial charge in [0.15, 0.2) is 0 Å². The summed E-state index contributed by atoms with van der Waals surface area (Å²) in [5.74, 6) is 0.258. The standard InChI is InChI=1S/C13H18N2O2/c1-9-8-10(5-6-12(9)16)15-13(17)11-4-2-3-7-14-11/h5-6,8,11,14,16H,2-4,7H2,1H3,(H,15,17)/t11-/m1/s1. The number of phenols is 1. The number of aryl methyl sites for hydroxylation is 1. The number of amides is 1. The third-order valence-electron chi connectivity index (χ3n) is 3.09. The van der Waals surface area contributed by atoms with Crippen molar-refractivity contribution in [2.24, 2.45) is 0 Å². The van der Waals surface area contributed by atoms with E-state index in [0.717, 1.165) is 37.1 Å². The Morgan fingerprint density at radius 1 is 1.47 bits per heavy atom. The van der Waals surface area contributed by atoms with Gasteiger partial charge in [0.05, 0.1) is 6.04 Å². The molecule has 17 heavy (non-hydrogen) atoms. The minimum absolute atomic E-state index is 0.00906. The molecule has 1 aliphatic rings. The summed E-state index contributed by atoms with van der Waals surface area (Å²) in [6.07, 6.45) is 3.13. The zero-order chi connectivity index (χ0) is 12.3. The highest BCUT2D eigenvalue weighted by Crippen LogP contribution is 2.20. The zero-order valence-electron chi connectivity index (χ0n) is 9.99. The number of aromatic hydroxyl groups is 1. The van der Waals surface area contributed by atoms with Crippen molar-refractivity contribution in [1.82, 2.24) is 5.32 Å². The molecule has 1 amide bonds. The second-order valence-electron chi connectivity index (χ2n) is 4.49. The number of anilines is 1. The molecule has 92 valence electrons. The summed E-state index contributed by atoms with van der Waals surface area (Å²) in [6, 6.07) is 5.00. The fourth-order valence-electron chi connectivity index (χ4n) is 2.04. The van der Waals surface area contributed by atoms with Gasteiger partial charge < -0.3 is 15.7 Å². The van der Waals surface area contributed by atoms with E-state index in [0.29, 0.717) is 0 Å². The maximum atomic E-state index is 11.9. The van der Waals surface area contributed by atoms with Crippen LogP contribution < -0.4 is 10.6 Å². The lowest BCUT2D eigenvalue weighted by atomic mass is 10.0. The van der Waals surface area contributed by atoms with E-state index in [1.54, 1.807) is 18.2 Å². The summed E-state index contributed by atoms with van der Waals surface area (Å²) in [6.45, 7) is 2.72. The van der Waals surface area contributed by atoms with Gasteiger partial charge in [-0.2, -0.15) is 0 Å². The Hall–Kier alpha value is -1.55. The number of carbonyl (C=O) groups is 1. The SMILES string of the molecule is Cc1cc(NC(=O)[C@H]2CCCCN2)ccc1O. The van der Waals surface area contributed by atoms with Crippen molar-refractivity contribution in [2.45, 2.75) is 32.2 Å². The van der Waals surface area contributed by atoms with Crippen molar-refractivity contribution in [3.8, 4) is 5.75 Å². The Morgan fingerprint density at radius 3 is 2.94 bits per heavy atom. The summed E-state index contributed by atoms with van der Waals surface area (Å²) in [4.78, 5) is 11.9. The molecule has 1 heterocycles. The molecule has 4 heteroatoms. The van der Waals surface area contributed by atoms with E-state index in [1.807, 2.05) is 6.92 Å². The Balaban J connectivity index is 1.99. The van der Waals surface area contributed by atoms with Crippen LogP contribution in [0, 0.1) is 6.92 Å². The molecule has 3 N–H and O–H groups in total. The molecule has 1 saturated heterocycles. The first-order valence-electron chi connectivity index (χ1n) is 6.00. The van der Waals surface area contributed by atoms with Gasteiger partial charge in [-0.05, 0) is 50.1 Å². The van der Waals surface area contributed by atoms with Gasteiger partial charge in [-0.25, -0.2) is 0 Å². The number of rotatable bonds is 2. The first-order chi connectivity index (χ1) is 8.16. The first kappa shape index (κ1) is 11.9. The van der Waals surface area contributed by atoms with E-state index in [1.165, 1.54) is 0 Å². The van der Waals surface area contributed by atoms with Crippen molar-refractivity contribution >= 4 is 11.6 Å². The van der Waals surface area contributed by atoms with Gasteiger partial charge in [0.2, 0.25) is 5.91 Å². The highest BCUT2D eigenvalue weighted by molar-refractivity contribution is 5.95. The van der Waals surface area contributed by atoms with Crippen LogP contribution in [0.2, 0.25) is 0 Å². The van der Waals surface area contributed by atoms with Gasteiger partial charge in [-0.3, -0.25) is 4.79 Å². The van der Waals surface area contributed by atoms with Gasteiger partial charge in [0.1, 0.15) is 5.75 Å². The zero-order valence-corrected chi connectivity index (χ0v) is 9.99. The van der Waals surface area contributed by atoms with E-state index >= 15 is 0 Å². The Bertz CT molecular complexity index is 412. The fraction of sp³-hybridized carbons (Fsp3) is 0.462. The van der Waals surface area contributed by atoms with Crippen LogP contribution in [0.4, 0.5) is 5.69 Å². The van der Waals surface area contributed by atoms with Gasteiger partial charge in [0, 0.05) is 5.69 Å². The molecule has 1 aliphatic heterocycles. The van der Waals surface area contributed by atoms with Crippen molar-refractivity contribution in [2.75, 3.05) is 11.9 Å². The van der Waals surface area contributed by atoms with Crippen LogP contribution in [0.5, 0.6) is 5.75 Å². The summed E-state index contributed by atoms with van der Waals surface area (Å²) in [7, 11) is 0. The average Bonchev–Trinajstić information content (AvgIpc) is 2.35. The summed E-state index contributed by atoms with van der Waals surface area (Å²) in [5.41, 5.74) is 1.50. The van der Waals surface area contributed by atoms with E-state index in [-0.39, 0.29) is 17.7 Å². The second kappa shape index (κ2) is 5.19. The molecule has 0 aliphatic carbocycles. The van der Waals surface area contributed by atoms with Crippen molar-refractivity contribution < 1.29 is 9.90 Å². The lowest BCUT2D eigenvalue weighted by Gasteiger charge is -2.22. The Kier molecular flexibility index (Phi) is 3.64. The maximum absolute atomic E-state index is 11.9. The van der Waals surface area contributed by atoms with Gasteiger partial charge in [-0.15, -0.1) is 0 Å². The molecule has 0 aromatic heterocycles. The van der Waals surface area contributed by atoms with E-state index in [9.17, 15) is 9.90 Å². The maximum Gasteiger partial charge on any atom is 0.241 e. The molecule has 0 spiro atoms. The number of phenolic OH excluding ortho intramolecular Hbond substituents is 1. The number of carbonyl (C=O) groups excluding carboxylic acids is 1. The first-order valence-corrected chi connectivity index (χ1v) is 6.00. The molecule has 1 aromatic carbocycles. The second-order valence-corrected chi connectivity index (χ2v) is 4.49. The summed E-state index contributed by atoms with van der Waals surface area (Å²) < 4.78 is 0. The van der Waals surface area contributed by atoms with Crippen LogP contribution in [0.1, 0.15) is 24.8 Å². The third-order valence-corrected chi connectivity index (χ3v) is 3.09. The molecular formula is C13H18N2O2. The van der Waals surface area contributed by atoms with E-state index in [4.69, 9.17) is 0 Å². The Labute approximate surface area is 101 Å². The fourth-order valence-corrected chi connectivity index (χ4v) is 2.04. The Morgan fingerprint density at radius 2 is 2.29 bits per heavy atom. The highest BCUT2D eigenvalue weighted by Gasteiger charge is 2.20. The molecule has 0 radical (unpaired) electrons. The van der Waals surface area contributed by atoms with Crippen LogP contribution >= 0.6 is 0 Å². The highest BCUT2D eigenvalue weighted by atomic mass is 16.3. The van der Waals surface area contributed by atoms with Gasteiger partial charge in [0.25, 0.3) is 0 Å². The van der Waals surface area contributed by atoms with Gasteiger partial charge >= 0.3 is 0 Å². The average molecular weight is 234 g/mol. The topological polar surface area (TPSA) is 61.4 Å². The summed E-state index contributed by atoms with van der Waals surface area (Å²) in [5, 5.41) is 15.5. The molecule has 1 aromatic rings. The smallest absolute Gasteiger partial charge is 0.241 e. The summed E-state index contributed by atoms with van der Waals surface area (Å²) >= 11 is 0. The number of benzene rings is 1. The molecule has 0 saturated carbocycles. The molecule has 1 fully saturated rings. The van der Waals surface area contributed by atoms with Crippen molar-refractivity contribution in [1.29, 1.82) is 0 Å². The van der Waals surface area contributed by atoms with Crippen LogP contribution in [0.3, 0.4) is 0 Å². The minimum atomic E-state index is -0.0853. The van der Waals surface area contributed by atoms with Crippen LogP contribution in [0.15, 0.2) is 18.2 Å². The lowest BCUT2D eigenvalue weighted by Crippen LogP contribution is -2.43. The van der Waals surface area contributed by atoms with Crippen molar-refractivity contribution in [3.05, 3.63) is 23.8 Å². The lowest BCUT2D eigenvalue weighted by molar-refractivity contribution is -0.118. The van der Waals surface area contributed by atoms with Crippen LogP contribution in [0.25, 0.3) is 0 Å². The monoisotopic (exact) mass is 234 g/mol. The van der Waals surface area contributed by atoms with Gasteiger partial charge in [-0.1, -0.05) is 6.42 Å². The minimum Gasteiger partial charge on any atom is -0.508 e. The van der Waals surface area contributed by atoms with Crippen molar-refractivity contribution in [3.63, 3.8) is 0 Å². The third kappa shape index (κ3) is 2.97. The molecule has 0 bridgehead atoms. The number of hydrogen-bond acceptors (Lipinski definition) is 3. The molecule has 1 atom stereocenters. The predicted octanol–water partition coefficient (Wildman–Crippen LogP) is 1.78. The molecule has 4 nitrogen and oxygen atoms in total. The predicted molar refractivity (Wildman–Crippen MR) is 67.1 cm³/mol. The quantitative estimate of drug-likeness (QED) is 0.684. The number of piperidine rings is 1. The molecular weight excluding hydrogens is 216 g/mol. The van der Waals surface area contributed by atoms with Crippen LogP contribution in [-0.2, 0) is 4.79 Å². The van der Waals surface area contributed by atoms with E-state index in [2.05, 4.69) is 10.6 Å². The number of hydrogen-bond donors (Lipinski definition) is 3. The molecule has 2 rings (SSSR count). The normalized spacial score (nSPS) is 19.9. The van der Waals surface area contributed by atoms with E-state index < -0.39 is 0 Å². The number of nitrogens with one attached hydrogen (secondary N) is 2. The van der Waals surface area contributed by atoms with Crippen LogP contribution in [-0.4, -0.2) is 23.6 Å².